The van der Waals surface area contributed by atoms with Crippen molar-refractivity contribution in [2.75, 3.05) is 26.2 Å². The lowest BCUT2D eigenvalue weighted by atomic mass is 10.0. The summed E-state index contributed by atoms with van der Waals surface area (Å²) >= 11 is 1.49. The second-order valence-electron chi connectivity index (χ2n) is 6.80. The largest absolute Gasteiger partial charge is 0.336 e. The third-order valence-electron chi connectivity index (χ3n) is 5.19. The van der Waals surface area contributed by atoms with Crippen molar-refractivity contribution in [1.29, 1.82) is 0 Å². The fraction of sp³-hybridized carbons (Fsp3) is 0.421. The average Bonchev–Trinajstić information content (AvgIpc) is 3.14. The maximum absolute atomic E-state index is 13.3. The smallest absolute Gasteiger partial charge is 0.254 e. The van der Waals surface area contributed by atoms with Gasteiger partial charge in [-0.25, -0.2) is 8.42 Å². The molecule has 1 amide bonds. The molecule has 26 heavy (non-hydrogen) atoms. The molecule has 0 unspecified atom stereocenters. The maximum atomic E-state index is 13.3. The highest BCUT2D eigenvalue weighted by atomic mass is 32.2. The van der Waals surface area contributed by atoms with Crippen molar-refractivity contribution in [3.63, 3.8) is 0 Å². The second kappa shape index (κ2) is 7.13. The van der Waals surface area contributed by atoms with E-state index in [1.807, 2.05) is 44.5 Å². The van der Waals surface area contributed by atoms with Gasteiger partial charge >= 0.3 is 0 Å². The summed E-state index contributed by atoms with van der Waals surface area (Å²) in [5.74, 6) is -0.0259. The van der Waals surface area contributed by atoms with E-state index in [1.54, 1.807) is 11.0 Å². The highest BCUT2D eigenvalue weighted by Crippen LogP contribution is 2.29. The number of carbonyl (C=O) groups excluding carboxylic acids is 1. The van der Waals surface area contributed by atoms with Gasteiger partial charge in [0, 0.05) is 31.6 Å². The molecular formula is C19H24N2O3S2. The molecule has 140 valence electrons. The van der Waals surface area contributed by atoms with Gasteiger partial charge < -0.3 is 4.90 Å². The zero-order valence-electron chi connectivity index (χ0n) is 15.6. The number of carbonyl (C=O) groups is 1. The van der Waals surface area contributed by atoms with E-state index in [1.165, 1.54) is 15.6 Å². The Morgan fingerprint density at radius 3 is 2.08 bits per heavy atom. The Labute approximate surface area is 159 Å². The van der Waals surface area contributed by atoms with Crippen LogP contribution in [0.15, 0.2) is 27.8 Å². The summed E-state index contributed by atoms with van der Waals surface area (Å²) in [4.78, 5) is 14.6. The van der Waals surface area contributed by atoms with Crippen LogP contribution in [-0.2, 0) is 10.0 Å². The first-order valence-corrected chi connectivity index (χ1v) is 11.0. The van der Waals surface area contributed by atoms with E-state index in [0.29, 0.717) is 36.6 Å². The van der Waals surface area contributed by atoms with Gasteiger partial charge in [0.25, 0.3) is 5.91 Å². The average molecular weight is 393 g/mol. The fourth-order valence-corrected chi connectivity index (χ4v) is 6.02. The van der Waals surface area contributed by atoms with Crippen LogP contribution >= 0.6 is 11.3 Å². The monoisotopic (exact) mass is 392 g/mol. The number of thiophene rings is 1. The minimum absolute atomic E-state index is 0.0259. The zero-order chi connectivity index (χ0) is 19.1. The van der Waals surface area contributed by atoms with Gasteiger partial charge in [0.1, 0.15) is 0 Å². The number of hydrogen-bond acceptors (Lipinski definition) is 4. The molecule has 0 bridgehead atoms. The van der Waals surface area contributed by atoms with Crippen LogP contribution < -0.4 is 0 Å². The quantitative estimate of drug-likeness (QED) is 0.806. The van der Waals surface area contributed by atoms with Gasteiger partial charge in [0.2, 0.25) is 10.0 Å². The number of hydrogen-bond donors (Lipinski definition) is 0. The van der Waals surface area contributed by atoms with Crippen molar-refractivity contribution in [2.45, 2.75) is 32.6 Å². The number of aryl methyl sites for hydroxylation is 2. The molecule has 1 aliphatic heterocycles. The Hall–Kier alpha value is -1.70. The number of piperazine rings is 1. The molecule has 2 aromatic rings. The predicted octanol–water partition coefficient (Wildman–Crippen LogP) is 3.13. The van der Waals surface area contributed by atoms with E-state index in [0.717, 1.165) is 22.3 Å². The molecule has 0 aliphatic carbocycles. The number of rotatable bonds is 3. The molecule has 0 saturated carbocycles. The van der Waals surface area contributed by atoms with Crippen molar-refractivity contribution in [3.8, 4) is 0 Å². The van der Waals surface area contributed by atoms with Crippen molar-refractivity contribution in [3.05, 3.63) is 50.7 Å². The molecule has 1 saturated heterocycles. The van der Waals surface area contributed by atoms with Gasteiger partial charge in [0.05, 0.1) is 10.5 Å². The Morgan fingerprint density at radius 2 is 1.58 bits per heavy atom. The van der Waals surface area contributed by atoms with Crippen LogP contribution in [-0.4, -0.2) is 49.7 Å². The lowest BCUT2D eigenvalue weighted by Gasteiger charge is -2.34. The third-order valence-corrected chi connectivity index (χ3v) is 8.05. The molecule has 5 nitrogen and oxygen atoms in total. The van der Waals surface area contributed by atoms with Gasteiger partial charge in [-0.2, -0.15) is 15.6 Å². The molecule has 0 N–H and O–H groups in total. The van der Waals surface area contributed by atoms with E-state index in [4.69, 9.17) is 0 Å². The molecule has 1 aliphatic rings. The van der Waals surface area contributed by atoms with Crippen molar-refractivity contribution >= 4 is 27.3 Å². The first-order valence-electron chi connectivity index (χ1n) is 8.62. The van der Waals surface area contributed by atoms with Gasteiger partial charge in [-0.1, -0.05) is 6.07 Å². The number of nitrogens with zero attached hydrogens (tertiary/aromatic N) is 2. The fourth-order valence-electron chi connectivity index (χ4n) is 3.40. The predicted molar refractivity (Wildman–Crippen MR) is 104 cm³/mol. The van der Waals surface area contributed by atoms with E-state index < -0.39 is 10.0 Å². The SMILES string of the molecule is Cc1cc(C)c(C)c(S(=O)(=O)N2CCN(C(=O)c3ccsc3)CC2)c1C. The number of sulfonamides is 1. The second-order valence-corrected chi connectivity index (χ2v) is 9.45. The van der Waals surface area contributed by atoms with Gasteiger partial charge in [-0.15, -0.1) is 0 Å². The van der Waals surface area contributed by atoms with Crippen LogP contribution in [0.25, 0.3) is 0 Å². The van der Waals surface area contributed by atoms with Crippen molar-refractivity contribution in [2.24, 2.45) is 0 Å². The summed E-state index contributed by atoms with van der Waals surface area (Å²) in [5, 5.41) is 3.70. The summed E-state index contributed by atoms with van der Waals surface area (Å²) in [6, 6.07) is 3.83. The molecule has 1 aromatic carbocycles. The maximum Gasteiger partial charge on any atom is 0.254 e. The molecule has 0 radical (unpaired) electrons. The van der Waals surface area contributed by atoms with Crippen molar-refractivity contribution in [1.82, 2.24) is 9.21 Å². The van der Waals surface area contributed by atoms with E-state index in [2.05, 4.69) is 0 Å². The number of amides is 1. The van der Waals surface area contributed by atoms with Crippen LogP contribution in [0.1, 0.15) is 32.6 Å². The van der Waals surface area contributed by atoms with Crippen LogP contribution in [0.3, 0.4) is 0 Å². The normalized spacial score (nSPS) is 16.1. The third kappa shape index (κ3) is 3.31. The molecule has 1 aromatic heterocycles. The highest BCUT2D eigenvalue weighted by molar-refractivity contribution is 7.89. The molecule has 3 rings (SSSR count). The standard InChI is InChI=1S/C19H24N2O3S2/c1-13-11-14(2)16(4)18(15(13)3)26(23,24)21-8-6-20(7-9-21)19(22)17-5-10-25-12-17/h5,10-12H,6-9H2,1-4H3. The minimum Gasteiger partial charge on any atom is -0.336 e. The van der Waals surface area contributed by atoms with Crippen molar-refractivity contribution < 1.29 is 13.2 Å². The Morgan fingerprint density at radius 1 is 1.00 bits per heavy atom. The molecule has 7 heteroatoms. The lowest BCUT2D eigenvalue weighted by molar-refractivity contribution is 0.0698. The summed E-state index contributed by atoms with van der Waals surface area (Å²) in [7, 11) is -3.57. The van der Waals surface area contributed by atoms with E-state index in [-0.39, 0.29) is 5.91 Å². The Balaban J connectivity index is 1.82. The zero-order valence-corrected chi connectivity index (χ0v) is 17.2. The topological polar surface area (TPSA) is 57.7 Å². The molecule has 2 heterocycles. The number of benzene rings is 1. The first kappa shape index (κ1) is 19.1. The molecule has 1 fully saturated rings. The first-order chi connectivity index (χ1) is 12.2. The lowest BCUT2D eigenvalue weighted by Crippen LogP contribution is -2.50. The van der Waals surface area contributed by atoms with E-state index in [9.17, 15) is 13.2 Å². The van der Waals surface area contributed by atoms with Crippen LogP contribution in [0.5, 0.6) is 0 Å². The molecule has 0 spiro atoms. The van der Waals surface area contributed by atoms with Gasteiger partial charge in [0.15, 0.2) is 0 Å². The summed E-state index contributed by atoms with van der Waals surface area (Å²) < 4.78 is 28.0. The minimum atomic E-state index is -3.57. The van der Waals surface area contributed by atoms with Crippen LogP contribution in [0.2, 0.25) is 0 Å². The Kier molecular flexibility index (Phi) is 5.23. The van der Waals surface area contributed by atoms with Gasteiger partial charge in [-0.3, -0.25) is 4.79 Å². The van der Waals surface area contributed by atoms with E-state index >= 15 is 0 Å². The van der Waals surface area contributed by atoms with Crippen LogP contribution in [0, 0.1) is 27.7 Å². The van der Waals surface area contributed by atoms with Crippen LogP contribution in [0.4, 0.5) is 0 Å². The highest BCUT2D eigenvalue weighted by Gasteiger charge is 2.33. The summed E-state index contributed by atoms with van der Waals surface area (Å²) in [6.07, 6.45) is 0. The van der Waals surface area contributed by atoms with Gasteiger partial charge in [-0.05, 0) is 61.4 Å². The Bertz CT molecular complexity index is 900. The molecule has 0 atom stereocenters. The summed E-state index contributed by atoms with van der Waals surface area (Å²) in [6.45, 7) is 9.09. The molecular weight excluding hydrogens is 368 g/mol. The summed E-state index contributed by atoms with van der Waals surface area (Å²) in [5.41, 5.74) is 4.26.